The van der Waals surface area contributed by atoms with E-state index in [9.17, 15) is 9.59 Å². The number of ether oxygens (including phenoxy) is 3. The van der Waals surface area contributed by atoms with Crippen molar-refractivity contribution < 1.29 is 23.8 Å². The average molecular weight is 541 g/mol. The van der Waals surface area contributed by atoms with Gasteiger partial charge in [-0.1, -0.05) is 18.0 Å². The van der Waals surface area contributed by atoms with E-state index in [1.807, 2.05) is 0 Å². The smallest absolute Gasteiger partial charge is 0.305 e. The molecule has 1 aromatic heterocycles. The lowest BCUT2D eigenvalue weighted by atomic mass is 10.0. The Morgan fingerprint density at radius 1 is 1.16 bits per heavy atom. The number of hydrogen-bond donors (Lipinski definition) is 3. The first-order valence-electron chi connectivity index (χ1n) is 13.1. The predicted octanol–water partition coefficient (Wildman–Crippen LogP) is 1.15. The van der Waals surface area contributed by atoms with Crippen molar-refractivity contribution in [2.75, 3.05) is 78.9 Å². The fourth-order valence-corrected chi connectivity index (χ4v) is 4.87. The number of halogens is 1. The summed E-state index contributed by atoms with van der Waals surface area (Å²) in [6.07, 6.45) is 3.85. The molecule has 0 radical (unpaired) electrons. The molecular formula is C25H41ClN6O5. The van der Waals surface area contributed by atoms with Gasteiger partial charge in [0.1, 0.15) is 18.0 Å². The lowest BCUT2D eigenvalue weighted by molar-refractivity contribution is -0.144. The van der Waals surface area contributed by atoms with Crippen LogP contribution in [0.15, 0.2) is 6.07 Å². The van der Waals surface area contributed by atoms with Crippen LogP contribution in [0.25, 0.3) is 0 Å². The number of unbranched alkanes of at least 4 members (excludes halogenated alkanes) is 2. The van der Waals surface area contributed by atoms with E-state index in [1.165, 1.54) is 13.2 Å². The number of esters is 1. The van der Waals surface area contributed by atoms with Crippen LogP contribution < -0.4 is 21.1 Å². The molecule has 4 N–H and O–H groups in total. The lowest BCUT2D eigenvalue weighted by Gasteiger charge is -2.38. The minimum atomic E-state index is -0.327. The van der Waals surface area contributed by atoms with Crippen molar-refractivity contribution in [1.82, 2.24) is 25.4 Å². The Kier molecular flexibility index (Phi) is 12.1. The molecule has 12 heteroatoms. The van der Waals surface area contributed by atoms with Crippen LogP contribution in [0.3, 0.4) is 0 Å². The van der Waals surface area contributed by atoms with Gasteiger partial charge in [0.2, 0.25) is 5.88 Å². The normalized spacial score (nSPS) is 20.9. The number of piperidine rings is 1. The molecule has 208 valence electrons. The minimum Gasteiger partial charge on any atom is -0.480 e. The molecule has 2 aliphatic rings. The maximum absolute atomic E-state index is 12.9. The number of likely N-dealkylation sites (tertiary alicyclic amines) is 1. The van der Waals surface area contributed by atoms with Crippen LogP contribution in [-0.2, 0) is 14.3 Å². The number of carbonyl (C=O) groups is 2. The highest BCUT2D eigenvalue weighted by Crippen LogP contribution is 2.25. The van der Waals surface area contributed by atoms with Gasteiger partial charge in [0.05, 0.1) is 24.3 Å². The molecule has 3 heterocycles. The number of amides is 1. The van der Waals surface area contributed by atoms with Crippen molar-refractivity contribution >= 4 is 29.3 Å². The summed E-state index contributed by atoms with van der Waals surface area (Å²) in [4.78, 5) is 33.6. The van der Waals surface area contributed by atoms with Crippen LogP contribution in [0.4, 0.5) is 5.82 Å². The molecule has 2 unspecified atom stereocenters. The Bertz CT molecular complexity index is 885. The van der Waals surface area contributed by atoms with Crippen LogP contribution in [0, 0.1) is 0 Å². The number of nitrogens with zero attached hydrogens (tertiary/aromatic N) is 3. The van der Waals surface area contributed by atoms with Gasteiger partial charge >= 0.3 is 5.97 Å². The maximum atomic E-state index is 12.9. The molecule has 3 rings (SSSR count). The van der Waals surface area contributed by atoms with Crippen molar-refractivity contribution in [3.63, 3.8) is 0 Å². The molecule has 11 nitrogen and oxygen atoms in total. The molecule has 2 atom stereocenters. The van der Waals surface area contributed by atoms with Gasteiger partial charge in [0.25, 0.3) is 5.91 Å². The summed E-state index contributed by atoms with van der Waals surface area (Å²) in [7, 11) is 3.09. The molecular weight excluding hydrogens is 500 g/mol. The quantitative estimate of drug-likeness (QED) is 0.247. The summed E-state index contributed by atoms with van der Waals surface area (Å²) in [6, 6.07) is 1.32. The van der Waals surface area contributed by atoms with E-state index in [0.717, 1.165) is 71.5 Å². The Morgan fingerprint density at radius 2 is 1.95 bits per heavy atom. The van der Waals surface area contributed by atoms with Gasteiger partial charge < -0.3 is 35.5 Å². The molecule has 1 amide bonds. The highest BCUT2D eigenvalue weighted by atomic mass is 35.5. The van der Waals surface area contributed by atoms with Crippen molar-refractivity contribution in [3.05, 3.63) is 16.7 Å². The minimum absolute atomic E-state index is 0.111. The fourth-order valence-electron chi connectivity index (χ4n) is 4.71. The number of nitrogens with two attached hydrogens (primary N) is 1. The number of hydrogen-bond acceptors (Lipinski definition) is 10. The molecule has 1 aromatic rings. The van der Waals surface area contributed by atoms with Crippen molar-refractivity contribution in [2.45, 2.75) is 44.2 Å². The molecule has 0 aliphatic carbocycles. The topological polar surface area (TPSA) is 131 Å². The molecule has 0 aromatic carbocycles. The third-order valence-electron chi connectivity index (χ3n) is 6.90. The van der Waals surface area contributed by atoms with Crippen LogP contribution in [-0.4, -0.2) is 112 Å². The summed E-state index contributed by atoms with van der Waals surface area (Å²) in [6.45, 7) is 7.77. The SMILES string of the molecule is COc1nc(N)c(Cl)cc1C(=O)NC1CCN(CCCCCC(=O)OCCN2CCNCC2)CC1OC. The third-order valence-corrected chi connectivity index (χ3v) is 7.21. The highest BCUT2D eigenvalue weighted by Gasteiger charge is 2.31. The number of nitrogens with one attached hydrogen (secondary N) is 2. The molecule has 0 spiro atoms. The second kappa shape index (κ2) is 15.3. The van der Waals surface area contributed by atoms with Crippen molar-refractivity contribution in [2.24, 2.45) is 0 Å². The Morgan fingerprint density at radius 3 is 2.68 bits per heavy atom. The van der Waals surface area contributed by atoms with Gasteiger partial charge in [-0.05, 0) is 31.9 Å². The van der Waals surface area contributed by atoms with E-state index < -0.39 is 0 Å². The largest absolute Gasteiger partial charge is 0.480 e. The second-order valence-electron chi connectivity index (χ2n) is 9.48. The first kappa shape index (κ1) is 29.4. The number of pyridine rings is 1. The zero-order valence-corrected chi connectivity index (χ0v) is 22.7. The molecule has 0 saturated carbocycles. The van der Waals surface area contributed by atoms with E-state index in [1.54, 1.807) is 7.11 Å². The number of piperazine rings is 1. The Hall–Kier alpha value is -2.18. The highest BCUT2D eigenvalue weighted by molar-refractivity contribution is 6.33. The number of aromatic nitrogens is 1. The zero-order chi connectivity index (χ0) is 26.6. The summed E-state index contributed by atoms with van der Waals surface area (Å²) >= 11 is 6.06. The Balaban J connectivity index is 1.32. The van der Waals surface area contributed by atoms with Crippen LogP contribution in [0.5, 0.6) is 5.88 Å². The van der Waals surface area contributed by atoms with E-state index in [4.69, 9.17) is 31.5 Å². The molecule has 2 saturated heterocycles. The van der Waals surface area contributed by atoms with Crippen LogP contribution >= 0.6 is 11.6 Å². The van der Waals surface area contributed by atoms with Gasteiger partial charge in [-0.25, -0.2) is 0 Å². The van der Waals surface area contributed by atoms with Gasteiger partial charge in [-0.2, -0.15) is 4.98 Å². The first-order chi connectivity index (χ1) is 17.9. The van der Waals surface area contributed by atoms with E-state index in [2.05, 4.69) is 25.4 Å². The van der Waals surface area contributed by atoms with Gasteiger partial charge in [-0.3, -0.25) is 14.5 Å². The van der Waals surface area contributed by atoms with Crippen molar-refractivity contribution in [3.8, 4) is 5.88 Å². The van der Waals surface area contributed by atoms with E-state index in [-0.39, 0.29) is 46.3 Å². The Labute approximate surface area is 224 Å². The van der Waals surface area contributed by atoms with Gasteiger partial charge in [-0.15, -0.1) is 0 Å². The fraction of sp³-hybridized carbons (Fsp3) is 0.720. The first-order valence-corrected chi connectivity index (χ1v) is 13.4. The molecule has 0 bridgehead atoms. The summed E-state index contributed by atoms with van der Waals surface area (Å²) in [5, 5.41) is 6.55. The third kappa shape index (κ3) is 9.26. The molecule has 37 heavy (non-hydrogen) atoms. The van der Waals surface area contributed by atoms with E-state index >= 15 is 0 Å². The standard InChI is InChI=1S/C25H41ClN6O5/c1-35-21-17-32(10-5-3-4-6-22(33)37-15-14-31-12-8-28-9-13-31)11-7-20(21)29-24(34)18-16-19(26)23(27)30-25(18)36-2/h16,20-21,28H,3-15,17H2,1-2H3,(H2,27,30)(H,29,34). The zero-order valence-electron chi connectivity index (χ0n) is 22.0. The van der Waals surface area contributed by atoms with Gasteiger partial charge in [0, 0.05) is 59.3 Å². The number of nitrogen functional groups attached to an aromatic ring is 1. The second-order valence-corrected chi connectivity index (χ2v) is 9.89. The molecule has 2 aliphatic heterocycles. The summed E-state index contributed by atoms with van der Waals surface area (Å²) in [5.41, 5.74) is 5.96. The van der Waals surface area contributed by atoms with Crippen LogP contribution in [0.2, 0.25) is 5.02 Å². The van der Waals surface area contributed by atoms with Crippen LogP contribution in [0.1, 0.15) is 42.5 Å². The lowest BCUT2D eigenvalue weighted by Crippen LogP contribution is -2.54. The number of anilines is 1. The van der Waals surface area contributed by atoms with Crippen molar-refractivity contribution in [1.29, 1.82) is 0 Å². The monoisotopic (exact) mass is 540 g/mol. The number of carbonyl (C=O) groups excluding carboxylic acids is 2. The average Bonchev–Trinajstić information content (AvgIpc) is 2.91. The molecule has 2 fully saturated rings. The number of rotatable bonds is 13. The summed E-state index contributed by atoms with van der Waals surface area (Å²) < 4.78 is 16.3. The maximum Gasteiger partial charge on any atom is 0.305 e. The summed E-state index contributed by atoms with van der Waals surface area (Å²) in [5.74, 6) is -0.193. The van der Waals surface area contributed by atoms with Gasteiger partial charge in [0.15, 0.2) is 0 Å². The predicted molar refractivity (Wildman–Crippen MR) is 142 cm³/mol. The van der Waals surface area contributed by atoms with E-state index in [0.29, 0.717) is 19.6 Å². The number of methoxy groups -OCH3 is 2.